The predicted molar refractivity (Wildman–Crippen MR) is 126 cm³/mol. The molecule has 3 amide bonds. The van der Waals surface area contributed by atoms with E-state index in [1.165, 1.54) is 71.6 Å². The van der Waals surface area contributed by atoms with Crippen LogP contribution >= 0.6 is 0 Å². The van der Waals surface area contributed by atoms with E-state index in [9.17, 15) is 34.2 Å². The molecule has 0 bridgehead atoms. The number of anilines is 2. The molecule has 0 unspecified atom stereocenters. The fourth-order valence-corrected chi connectivity index (χ4v) is 3.16. The second kappa shape index (κ2) is 10.8. The van der Waals surface area contributed by atoms with Gasteiger partial charge in [0.2, 0.25) is 0 Å². The molecule has 3 rings (SSSR count). The van der Waals surface area contributed by atoms with Crippen LogP contribution in [0.25, 0.3) is 0 Å². The van der Waals surface area contributed by atoms with Crippen molar-refractivity contribution in [3.8, 4) is 0 Å². The highest BCUT2D eigenvalue weighted by molar-refractivity contribution is 6.02. The molecule has 11 nitrogen and oxygen atoms in total. The number of hydrogen-bond donors (Lipinski definition) is 2. The maximum Gasteiger partial charge on any atom is 0.326 e. The molecule has 0 aromatic heterocycles. The number of benzene rings is 3. The Morgan fingerprint density at radius 2 is 1.60 bits per heavy atom. The molecular formula is C23H20FN5O6. The van der Waals surface area contributed by atoms with Gasteiger partial charge in [-0.2, -0.15) is 0 Å². The molecule has 2 N–H and O–H groups in total. The molecule has 0 saturated heterocycles. The topological polar surface area (TPSA) is 148 Å². The Bertz CT molecular complexity index is 1260. The number of non-ortho nitro benzene ring substituents is 1. The van der Waals surface area contributed by atoms with Crippen LogP contribution in [-0.4, -0.2) is 34.9 Å². The van der Waals surface area contributed by atoms with Crippen molar-refractivity contribution in [1.82, 2.24) is 5.32 Å². The standard InChI is InChI=1S/C23H20FN5O6/c1-15-2-3-16(14-21(15)29(34)35)22(30)25-12-13-27(19-8-4-17(24)5-9-19)23(31)26-18-6-10-20(11-7-18)28(32)33/h2-11,14H,12-13H2,1H3,(H,25,30)(H,26,31). The first-order valence-electron chi connectivity index (χ1n) is 10.3. The van der Waals surface area contributed by atoms with Crippen LogP contribution in [-0.2, 0) is 0 Å². The van der Waals surface area contributed by atoms with Gasteiger partial charge in [-0.3, -0.25) is 29.9 Å². The van der Waals surface area contributed by atoms with Gasteiger partial charge in [0, 0.05) is 53.8 Å². The summed E-state index contributed by atoms with van der Waals surface area (Å²) in [5.41, 5.74) is 0.808. The molecular weight excluding hydrogens is 461 g/mol. The van der Waals surface area contributed by atoms with Gasteiger partial charge in [0.15, 0.2) is 0 Å². The summed E-state index contributed by atoms with van der Waals surface area (Å²) in [5, 5.41) is 27.1. The van der Waals surface area contributed by atoms with Gasteiger partial charge in [-0.1, -0.05) is 6.07 Å². The zero-order valence-corrected chi connectivity index (χ0v) is 18.4. The first-order valence-corrected chi connectivity index (χ1v) is 10.3. The Morgan fingerprint density at radius 1 is 0.943 bits per heavy atom. The third-order valence-corrected chi connectivity index (χ3v) is 5.00. The second-order valence-corrected chi connectivity index (χ2v) is 7.38. The molecule has 0 aliphatic carbocycles. The van der Waals surface area contributed by atoms with Gasteiger partial charge < -0.3 is 10.6 Å². The van der Waals surface area contributed by atoms with E-state index in [4.69, 9.17) is 0 Å². The first kappa shape index (κ1) is 24.8. The predicted octanol–water partition coefficient (Wildman–Crippen LogP) is 4.42. The molecule has 12 heteroatoms. The van der Waals surface area contributed by atoms with Crippen LogP contribution in [0.15, 0.2) is 66.7 Å². The molecule has 180 valence electrons. The number of hydrogen-bond acceptors (Lipinski definition) is 6. The Hall–Kier alpha value is -4.87. The number of nitrogens with one attached hydrogen (secondary N) is 2. The van der Waals surface area contributed by atoms with Crippen molar-refractivity contribution in [1.29, 1.82) is 0 Å². The lowest BCUT2D eigenvalue weighted by Gasteiger charge is -2.23. The van der Waals surface area contributed by atoms with Crippen molar-refractivity contribution in [3.05, 3.63) is 104 Å². The van der Waals surface area contributed by atoms with Crippen LogP contribution in [0.4, 0.5) is 31.9 Å². The number of urea groups is 1. The molecule has 0 saturated carbocycles. The summed E-state index contributed by atoms with van der Waals surface area (Å²) in [6.07, 6.45) is 0. The van der Waals surface area contributed by atoms with Crippen LogP contribution < -0.4 is 15.5 Å². The van der Waals surface area contributed by atoms with Gasteiger partial charge in [0.05, 0.1) is 9.85 Å². The highest BCUT2D eigenvalue weighted by atomic mass is 19.1. The normalized spacial score (nSPS) is 10.3. The molecule has 0 spiro atoms. The number of amides is 3. The lowest BCUT2D eigenvalue weighted by Crippen LogP contribution is -2.41. The maximum atomic E-state index is 13.4. The van der Waals surface area contributed by atoms with Crippen molar-refractivity contribution in [3.63, 3.8) is 0 Å². The lowest BCUT2D eigenvalue weighted by atomic mass is 10.1. The summed E-state index contributed by atoms with van der Waals surface area (Å²) in [5.74, 6) is -1.07. The Kier molecular flexibility index (Phi) is 7.66. The van der Waals surface area contributed by atoms with Crippen LogP contribution in [0.1, 0.15) is 15.9 Å². The molecule has 35 heavy (non-hydrogen) atoms. The molecule has 0 aliphatic rings. The fourth-order valence-electron chi connectivity index (χ4n) is 3.16. The van der Waals surface area contributed by atoms with Crippen molar-refractivity contribution < 1.29 is 23.8 Å². The number of aryl methyl sites for hydroxylation is 1. The summed E-state index contributed by atoms with van der Waals surface area (Å²) in [6, 6.07) is 13.8. The second-order valence-electron chi connectivity index (χ2n) is 7.38. The molecule has 0 aliphatic heterocycles. The van der Waals surface area contributed by atoms with E-state index in [0.29, 0.717) is 16.9 Å². The summed E-state index contributed by atoms with van der Waals surface area (Å²) in [7, 11) is 0. The average molecular weight is 481 g/mol. The highest BCUT2D eigenvalue weighted by Gasteiger charge is 2.19. The fraction of sp³-hybridized carbons (Fsp3) is 0.130. The van der Waals surface area contributed by atoms with Gasteiger partial charge in [-0.15, -0.1) is 0 Å². The molecule has 0 fully saturated rings. The lowest BCUT2D eigenvalue weighted by molar-refractivity contribution is -0.385. The van der Waals surface area contributed by atoms with E-state index in [0.717, 1.165) is 0 Å². The SMILES string of the molecule is Cc1ccc(C(=O)NCCN(C(=O)Nc2ccc([N+](=O)[O-])cc2)c2ccc(F)cc2)cc1[N+](=O)[O-]. The molecule has 3 aromatic rings. The number of rotatable bonds is 8. The summed E-state index contributed by atoms with van der Waals surface area (Å²) >= 11 is 0. The van der Waals surface area contributed by atoms with E-state index in [1.54, 1.807) is 6.92 Å². The van der Waals surface area contributed by atoms with Crippen molar-refractivity contribution >= 4 is 34.7 Å². The molecule has 0 atom stereocenters. The molecule has 0 radical (unpaired) electrons. The molecule has 3 aromatic carbocycles. The summed E-state index contributed by atoms with van der Waals surface area (Å²) in [4.78, 5) is 47.4. The quantitative estimate of drug-likeness (QED) is 0.359. The largest absolute Gasteiger partial charge is 0.350 e. The Labute approximate surface area is 198 Å². The smallest absolute Gasteiger partial charge is 0.326 e. The number of halogens is 1. The Morgan fingerprint density at radius 3 is 2.20 bits per heavy atom. The first-order chi connectivity index (χ1) is 16.7. The highest BCUT2D eigenvalue weighted by Crippen LogP contribution is 2.20. The van der Waals surface area contributed by atoms with Crippen molar-refractivity contribution in [2.24, 2.45) is 0 Å². The minimum atomic E-state index is -0.620. The van der Waals surface area contributed by atoms with Crippen LogP contribution in [0, 0.1) is 33.0 Å². The third-order valence-electron chi connectivity index (χ3n) is 5.00. The number of nitro benzene ring substituents is 2. The number of nitro groups is 2. The summed E-state index contributed by atoms with van der Waals surface area (Å²) < 4.78 is 13.4. The Balaban J connectivity index is 1.71. The van der Waals surface area contributed by atoms with Gasteiger partial charge >= 0.3 is 6.03 Å². The minimum absolute atomic E-state index is 0.0223. The number of carbonyl (C=O) groups excluding carboxylic acids is 2. The number of nitrogens with zero attached hydrogens (tertiary/aromatic N) is 3. The van der Waals surface area contributed by atoms with Crippen LogP contribution in [0.2, 0.25) is 0 Å². The average Bonchev–Trinajstić information content (AvgIpc) is 2.83. The zero-order valence-electron chi connectivity index (χ0n) is 18.4. The van der Waals surface area contributed by atoms with Crippen LogP contribution in [0.3, 0.4) is 0 Å². The number of carbonyl (C=O) groups is 2. The summed E-state index contributed by atoms with van der Waals surface area (Å²) in [6.45, 7) is 1.51. The van der Waals surface area contributed by atoms with Crippen molar-refractivity contribution in [2.75, 3.05) is 23.3 Å². The monoisotopic (exact) mass is 481 g/mol. The van der Waals surface area contributed by atoms with E-state index < -0.39 is 27.6 Å². The molecule has 0 heterocycles. The zero-order chi connectivity index (χ0) is 25.5. The third kappa shape index (κ3) is 6.35. The van der Waals surface area contributed by atoms with E-state index in [-0.39, 0.29) is 30.0 Å². The van der Waals surface area contributed by atoms with Gasteiger partial charge in [-0.25, -0.2) is 9.18 Å². The minimum Gasteiger partial charge on any atom is -0.350 e. The van der Waals surface area contributed by atoms with Crippen LogP contribution in [0.5, 0.6) is 0 Å². The van der Waals surface area contributed by atoms with E-state index >= 15 is 0 Å². The van der Waals surface area contributed by atoms with E-state index in [1.807, 2.05) is 0 Å². The van der Waals surface area contributed by atoms with Gasteiger partial charge in [-0.05, 0) is 49.4 Å². The van der Waals surface area contributed by atoms with Gasteiger partial charge in [0.25, 0.3) is 17.3 Å². The maximum absolute atomic E-state index is 13.4. The van der Waals surface area contributed by atoms with E-state index in [2.05, 4.69) is 10.6 Å². The van der Waals surface area contributed by atoms with Crippen molar-refractivity contribution in [2.45, 2.75) is 6.92 Å². The van der Waals surface area contributed by atoms with Gasteiger partial charge in [0.1, 0.15) is 5.82 Å².